The van der Waals surface area contributed by atoms with Crippen molar-refractivity contribution in [1.29, 1.82) is 0 Å². The summed E-state index contributed by atoms with van der Waals surface area (Å²) in [6, 6.07) is 11.1. The zero-order valence-electron chi connectivity index (χ0n) is 11.5. The molecule has 108 valence electrons. The molecule has 0 aliphatic carbocycles. The van der Waals surface area contributed by atoms with E-state index in [-0.39, 0.29) is 12.5 Å². The predicted molar refractivity (Wildman–Crippen MR) is 86.1 cm³/mol. The highest BCUT2D eigenvalue weighted by atomic mass is 35.5. The van der Waals surface area contributed by atoms with Gasteiger partial charge in [-0.15, -0.1) is 11.3 Å². The smallest absolute Gasteiger partial charge is 0.262 e. The molecule has 3 nitrogen and oxygen atoms in total. The number of hydrogen-bond acceptors (Lipinski definition) is 3. The minimum absolute atomic E-state index is 0.166. The number of thiophene rings is 1. The van der Waals surface area contributed by atoms with Gasteiger partial charge >= 0.3 is 0 Å². The molecule has 1 amide bonds. The zero-order chi connectivity index (χ0) is 15.1. The Labute approximate surface area is 132 Å². The molecular formula is C16H14ClNO2S. The zero-order valence-corrected chi connectivity index (χ0v) is 13.1. The maximum absolute atomic E-state index is 11.7. The molecule has 2 aromatic rings. The number of carbonyl (C=O) groups is 1. The third kappa shape index (κ3) is 4.82. The van der Waals surface area contributed by atoms with Crippen molar-refractivity contribution in [2.24, 2.45) is 0 Å². The lowest BCUT2D eigenvalue weighted by Gasteiger charge is -2.04. The fourth-order valence-electron chi connectivity index (χ4n) is 1.59. The Bertz CT molecular complexity index is 685. The second-order valence-corrected chi connectivity index (χ2v) is 5.91. The van der Waals surface area contributed by atoms with Crippen LogP contribution >= 0.6 is 22.9 Å². The lowest BCUT2D eigenvalue weighted by molar-refractivity contribution is 0.0962. The van der Waals surface area contributed by atoms with Crippen LogP contribution < -0.4 is 10.1 Å². The SMILES string of the molecule is Cc1ccccc1OCC#CCNC(=O)c1ccc(Cl)s1. The van der Waals surface area contributed by atoms with Gasteiger partial charge in [0.25, 0.3) is 5.91 Å². The van der Waals surface area contributed by atoms with Crippen LogP contribution in [0.25, 0.3) is 0 Å². The van der Waals surface area contributed by atoms with Crippen LogP contribution in [0, 0.1) is 18.8 Å². The Balaban J connectivity index is 1.72. The molecule has 0 saturated heterocycles. The first-order valence-corrected chi connectivity index (χ1v) is 7.54. The van der Waals surface area contributed by atoms with E-state index >= 15 is 0 Å². The van der Waals surface area contributed by atoms with Crippen LogP contribution in [-0.2, 0) is 0 Å². The molecule has 0 aliphatic rings. The molecule has 1 heterocycles. The van der Waals surface area contributed by atoms with E-state index in [1.165, 1.54) is 11.3 Å². The van der Waals surface area contributed by atoms with E-state index in [1.54, 1.807) is 12.1 Å². The molecule has 1 aromatic carbocycles. The van der Waals surface area contributed by atoms with Crippen LogP contribution in [-0.4, -0.2) is 19.1 Å². The van der Waals surface area contributed by atoms with E-state index in [1.807, 2.05) is 31.2 Å². The Hall–Kier alpha value is -1.96. The largest absolute Gasteiger partial charge is 0.481 e. The van der Waals surface area contributed by atoms with Gasteiger partial charge in [-0.25, -0.2) is 0 Å². The molecule has 0 bridgehead atoms. The molecule has 0 spiro atoms. The van der Waals surface area contributed by atoms with E-state index in [2.05, 4.69) is 17.2 Å². The number of rotatable bonds is 4. The standard InChI is InChI=1S/C16H14ClNO2S/c1-12-6-2-3-7-13(12)20-11-5-4-10-18-16(19)14-8-9-15(17)21-14/h2-3,6-9H,10-11H2,1H3,(H,18,19). The second kappa shape index (κ2) is 7.72. The monoisotopic (exact) mass is 319 g/mol. The van der Waals surface area contributed by atoms with Crippen LogP contribution in [0.1, 0.15) is 15.2 Å². The van der Waals surface area contributed by atoms with Crippen LogP contribution in [0.15, 0.2) is 36.4 Å². The summed E-state index contributed by atoms with van der Waals surface area (Å²) in [5, 5.41) is 2.71. The third-order valence-corrected chi connectivity index (χ3v) is 3.88. The van der Waals surface area contributed by atoms with Gasteiger partial charge in [0.1, 0.15) is 12.4 Å². The van der Waals surface area contributed by atoms with E-state index in [4.69, 9.17) is 16.3 Å². The normalized spacial score (nSPS) is 9.62. The number of ether oxygens (including phenoxy) is 1. The fourth-order valence-corrected chi connectivity index (χ4v) is 2.55. The van der Waals surface area contributed by atoms with E-state index < -0.39 is 0 Å². The van der Waals surface area contributed by atoms with Crippen LogP contribution in [0.2, 0.25) is 4.34 Å². The van der Waals surface area contributed by atoms with Crippen molar-refractivity contribution in [3.8, 4) is 17.6 Å². The van der Waals surface area contributed by atoms with Gasteiger partial charge in [-0.3, -0.25) is 4.79 Å². The Kier molecular flexibility index (Phi) is 5.68. The van der Waals surface area contributed by atoms with Crippen molar-refractivity contribution in [2.75, 3.05) is 13.2 Å². The highest BCUT2D eigenvalue weighted by Gasteiger charge is 2.06. The lowest BCUT2D eigenvalue weighted by Crippen LogP contribution is -2.22. The fraction of sp³-hybridized carbons (Fsp3) is 0.188. The third-order valence-electron chi connectivity index (χ3n) is 2.65. The van der Waals surface area contributed by atoms with Gasteiger partial charge in [0.05, 0.1) is 15.8 Å². The summed E-state index contributed by atoms with van der Waals surface area (Å²) in [5.74, 6) is 6.37. The first-order valence-electron chi connectivity index (χ1n) is 6.34. The summed E-state index contributed by atoms with van der Waals surface area (Å²) in [6.07, 6.45) is 0. The minimum atomic E-state index is -0.166. The second-order valence-electron chi connectivity index (χ2n) is 4.19. The first-order chi connectivity index (χ1) is 10.2. The molecule has 0 saturated carbocycles. The van der Waals surface area contributed by atoms with Crippen molar-refractivity contribution >= 4 is 28.8 Å². The molecule has 21 heavy (non-hydrogen) atoms. The number of halogens is 1. The number of para-hydroxylation sites is 1. The molecular weight excluding hydrogens is 306 g/mol. The van der Waals surface area contributed by atoms with E-state index in [0.717, 1.165) is 11.3 Å². The average Bonchev–Trinajstić information content (AvgIpc) is 2.91. The lowest BCUT2D eigenvalue weighted by atomic mass is 10.2. The summed E-state index contributed by atoms with van der Waals surface area (Å²) < 4.78 is 6.13. The molecule has 2 rings (SSSR count). The Morgan fingerprint density at radius 2 is 2.10 bits per heavy atom. The van der Waals surface area contributed by atoms with Crippen molar-refractivity contribution in [3.05, 3.63) is 51.2 Å². The van der Waals surface area contributed by atoms with Crippen molar-refractivity contribution in [2.45, 2.75) is 6.92 Å². The Morgan fingerprint density at radius 3 is 2.81 bits per heavy atom. The van der Waals surface area contributed by atoms with Crippen molar-refractivity contribution < 1.29 is 9.53 Å². The van der Waals surface area contributed by atoms with E-state index in [9.17, 15) is 4.79 Å². The minimum Gasteiger partial charge on any atom is -0.481 e. The number of carbonyl (C=O) groups excluding carboxylic acids is 1. The molecule has 1 aromatic heterocycles. The number of hydrogen-bond donors (Lipinski definition) is 1. The van der Waals surface area contributed by atoms with E-state index in [0.29, 0.717) is 15.8 Å². The molecule has 0 aliphatic heterocycles. The molecule has 0 fully saturated rings. The van der Waals surface area contributed by atoms with Gasteiger partial charge in [0, 0.05) is 0 Å². The summed E-state index contributed by atoms with van der Waals surface area (Å²) >= 11 is 7.02. The van der Waals surface area contributed by atoms with Crippen molar-refractivity contribution in [3.63, 3.8) is 0 Å². The first kappa shape index (κ1) is 15.4. The van der Waals surface area contributed by atoms with Crippen molar-refractivity contribution in [1.82, 2.24) is 5.32 Å². The maximum Gasteiger partial charge on any atom is 0.262 e. The highest BCUT2D eigenvalue weighted by Crippen LogP contribution is 2.20. The predicted octanol–water partition coefficient (Wildman–Crippen LogP) is 3.52. The molecule has 0 unspecified atom stereocenters. The highest BCUT2D eigenvalue weighted by molar-refractivity contribution is 7.17. The van der Waals surface area contributed by atoms with Crippen LogP contribution in [0.3, 0.4) is 0 Å². The number of aryl methyl sites for hydroxylation is 1. The van der Waals surface area contributed by atoms with Gasteiger partial charge < -0.3 is 10.1 Å². The maximum atomic E-state index is 11.7. The van der Waals surface area contributed by atoms with Crippen LogP contribution in [0.4, 0.5) is 0 Å². The summed E-state index contributed by atoms with van der Waals surface area (Å²) in [6.45, 7) is 2.56. The van der Waals surface area contributed by atoms with Crippen LogP contribution in [0.5, 0.6) is 5.75 Å². The molecule has 0 atom stereocenters. The van der Waals surface area contributed by atoms with Gasteiger partial charge in [-0.05, 0) is 30.7 Å². The number of nitrogens with one attached hydrogen (secondary N) is 1. The van der Waals surface area contributed by atoms with Gasteiger partial charge in [0.15, 0.2) is 0 Å². The Morgan fingerprint density at radius 1 is 1.29 bits per heavy atom. The van der Waals surface area contributed by atoms with Gasteiger partial charge in [-0.1, -0.05) is 41.6 Å². The average molecular weight is 320 g/mol. The van der Waals surface area contributed by atoms with Gasteiger partial charge in [0.2, 0.25) is 0 Å². The topological polar surface area (TPSA) is 38.3 Å². The quantitative estimate of drug-likeness (QED) is 0.876. The molecule has 1 N–H and O–H groups in total. The summed E-state index contributed by atoms with van der Waals surface area (Å²) in [5.41, 5.74) is 1.07. The number of amides is 1. The summed E-state index contributed by atoms with van der Waals surface area (Å²) in [4.78, 5) is 12.3. The molecule has 5 heteroatoms. The van der Waals surface area contributed by atoms with Gasteiger partial charge in [-0.2, -0.15) is 0 Å². The summed E-state index contributed by atoms with van der Waals surface area (Å²) in [7, 11) is 0. The molecule has 0 radical (unpaired) electrons. The number of benzene rings is 1.